The summed E-state index contributed by atoms with van der Waals surface area (Å²) in [5, 5.41) is 8.87. The molecule has 1 atom stereocenters. The molecule has 1 rings (SSSR count). The Morgan fingerprint density at radius 3 is 2.58 bits per heavy atom. The first-order chi connectivity index (χ1) is 8.75. The molecule has 0 aromatic carbocycles. The highest BCUT2D eigenvalue weighted by atomic mass is 19.4. The van der Waals surface area contributed by atoms with Crippen molar-refractivity contribution in [1.29, 1.82) is 0 Å². The molecule has 5 nitrogen and oxygen atoms in total. The molecule has 1 aromatic heterocycles. The Bertz CT molecular complexity index is 462. The van der Waals surface area contributed by atoms with Crippen molar-refractivity contribution in [1.82, 2.24) is 4.98 Å². The van der Waals surface area contributed by atoms with Crippen LogP contribution in [-0.2, 0) is 10.9 Å². The Morgan fingerprint density at radius 2 is 2.11 bits per heavy atom. The van der Waals surface area contributed by atoms with Gasteiger partial charge in [-0.3, -0.25) is 0 Å². The van der Waals surface area contributed by atoms with Crippen LogP contribution in [0.5, 0.6) is 5.88 Å². The van der Waals surface area contributed by atoms with Crippen LogP contribution >= 0.6 is 0 Å². The average molecular weight is 279 g/mol. The number of nitrogens with zero attached hydrogens (tertiary/aromatic N) is 1. The quantitative estimate of drug-likeness (QED) is 0.895. The molecule has 0 aliphatic rings. The van der Waals surface area contributed by atoms with E-state index in [1.807, 2.05) is 0 Å². The fourth-order valence-electron chi connectivity index (χ4n) is 1.31. The molecule has 0 aliphatic carbocycles. The molecular weight excluding hydrogens is 267 g/mol. The number of aromatic carboxylic acids is 1. The van der Waals surface area contributed by atoms with Crippen molar-refractivity contribution >= 4 is 5.97 Å². The lowest BCUT2D eigenvalue weighted by Crippen LogP contribution is -2.21. The molecule has 1 heterocycles. The summed E-state index contributed by atoms with van der Waals surface area (Å²) >= 11 is 0. The highest BCUT2D eigenvalue weighted by molar-refractivity contribution is 5.90. The van der Waals surface area contributed by atoms with E-state index in [2.05, 4.69) is 4.98 Å². The minimum absolute atomic E-state index is 0.0942. The summed E-state index contributed by atoms with van der Waals surface area (Å²) in [5.74, 6) is -1.99. The monoisotopic (exact) mass is 279 g/mol. The number of aromatic nitrogens is 1. The van der Waals surface area contributed by atoms with Crippen molar-refractivity contribution in [3.63, 3.8) is 0 Å². The summed E-state index contributed by atoms with van der Waals surface area (Å²) in [7, 11) is 1.39. The highest BCUT2D eigenvalue weighted by Crippen LogP contribution is 2.30. The second-order valence-electron chi connectivity index (χ2n) is 3.74. The lowest BCUT2D eigenvalue weighted by Gasteiger charge is -2.16. The Hall–Kier alpha value is -1.83. The summed E-state index contributed by atoms with van der Waals surface area (Å²) in [5.41, 5.74) is -1.65. The van der Waals surface area contributed by atoms with E-state index >= 15 is 0 Å². The van der Waals surface area contributed by atoms with E-state index < -0.39 is 35.4 Å². The molecule has 106 valence electrons. The van der Waals surface area contributed by atoms with Gasteiger partial charge in [-0.1, -0.05) is 0 Å². The summed E-state index contributed by atoms with van der Waals surface area (Å²) in [6.07, 6.45) is -5.29. The number of rotatable bonds is 5. The van der Waals surface area contributed by atoms with Crippen LogP contribution in [0.2, 0.25) is 0 Å². The Morgan fingerprint density at radius 1 is 1.47 bits per heavy atom. The number of hydrogen-bond acceptors (Lipinski definition) is 4. The molecule has 0 bridgehead atoms. The number of methoxy groups -OCH3 is 1. The zero-order chi connectivity index (χ0) is 14.6. The lowest BCUT2D eigenvalue weighted by atomic mass is 10.2. The maximum absolute atomic E-state index is 12.5. The fraction of sp³-hybridized carbons (Fsp3) is 0.455. The number of hydrogen-bond donors (Lipinski definition) is 1. The summed E-state index contributed by atoms with van der Waals surface area (Å²) in [6, 6.07) is 1.41. The van der Waals surface area contributed by atoms with Crippen LogP contribution in [0.1, 0.15) is 23.0 Å². The number of alkyl halides is 3. The molecule has 1 N–H and O–H groups in total. The smallest absolute Gasteiger partial charge is 0.433 e. The van der Waals surface area contributed by atoms with Crippen LogP contribution in [0.4, 0.5) is 13.2 Å². The van der Waals surface area contributed by atoms with Crippen LogP contribution in [0.15, 0.2) is 12.1 Å². The molecule has 0 amide bonds. The Kier molecular flexibility index (Phi) is 4.71. The van der Waals surface area contributed by atoms with Crippen molar-refractivity contribution in [2.45, 2.75) is 19.2 Å². The maximum Gasteiger partial charge on any atom is 0.433 e. The molecule has 0 spiro atoms. The third kappa shape index (κ3) is 4.09. The average Bonchev–Trinajstić information content (AvgIpc) is 2.27. The standard InChI is InChI=1S/C11H12F3NO4/c1-6(5-18-2)19-9-7(10(16)17)3-4-8(15-9)11(12,13)14/h3-4,6H,5H2,1-2H3,(H,16,17). The lowest BCUT2D eigenvalue weighted by molar-refractivity contribution is -0.141. The van der Waals surface area contributed by atoms with Gasteiger partial charge in [-0.25, -0.2) is 9.78 Å². The predicted molar refractivity (Wildman–Crippen MR) is 58.2 cm³/mol. The van der Waals surface area contributed by atoms with Gasteiger partial charge in [-0.15, -0.1) is 0 Å². The van der Waals surface area contributed by atoms with Crippen molar-refractivity contribution in [2.24, 2.45) is 0 Å². The normalized spacial score (nSPS) is 13.1. The molecule has 1 unspecified atom stereocenters. The van der Waals surface area contributed by atoms with E-state index in [0.29, 0.717) is 6.07 Å². The highest BCUT2D eigenvalue weighted by Gasteiger charge is 2.34. The third-order valence-electron chi connectivity index (χ3n) is 2.10. The molecule has 0 fully saturated rings. The van der Waals surface area contributed by atoms with Gasteiger partial charge in [0.1, 0.15) is 17.4 Å². The van der Waals surface area contributed by atoms with E-state index in [9.17, 15) is 18.0 Å². The van der Waals surface area contributed by atoms with E-state index in [1.54, 1.807) is 0 Å². The SMILES string of the molecule is COCC(C)Oc1nc(C(F)(F)F)ccc1C(=O)O. The van der Waals surface area contributed by atoms with Crippen LogP contribution in [0, 0.1) is 0 Å². The van der Waals surface area contributed by atoms with E-state index in [1.165, 1.54) is 14.0 Å². The second-order valence-corrected chi connectivity index (χ2v) is 3.74. The first-order valence-electron chi connectivity index (χ1n) is 5.22. The van der Waals surface area contributed by atoms with Crippen molar-refractivity contribution in [3.8, 4) is 5.88 Å². The van der Waals surface area contributed by atoms with Gasteiger partial charge in [0.25, 0.3) is 0 Å². The zero-order valence-electron chi connectivity index (χ0n) is 10.2. The minimum atomic E-state index is -4.67. The predicted octanol–water partition coefficient (Wildman–Crippen LogP) is 2.21. The Labute approximate surface area is 107 Å². The van der Waals surface area contributed by atoms with Crippen LogP contribution in [0.25, 0.3) is 0 Å². The molecule has 0 radical (unpaired) electrons. The molecule has 0 saturated heterocycles. The topological polar surface area (TPSA) is 68.7 Å². The maximum atomic E-state index is 12.5. The second kappa shape index (κ2) is 5.87. The van der Waals surface area contributed by atoms with Gasteiger partial charge in [-0.2, -0.15) is 13.2 Å². The van der Waals surface area contributed by atoms with Gasteiger partial charge in [0, 0.05) is 7.11 Å². The third-order valence-corrected chi connectivity index (χ3v) is 2.10. The van der Waals surface area contributed by atoms with Crippen molar-refractivity contribution < 1.29 is 32.5 Å². The minimum Gasteiger partial charge on any atom is -0.477 e. The number of ether oxygens (including phenoxy) is 2. The fourth-order valence-corrected chi connectivity index (χ4v) is 1.31. The number of halogens is 3. The number of pyridine rings is 1. The van der Waals surface area contributed by atoms with Gasteiger partial charge in [0.2, 0.25) is 5.88 Å². The molecule has 1 aromatic rings. The van der Waals surface area contributed by atoms with Gasteiger partial charge in [0.05, 0.1) is 6.61 Å². The molecule has 0 saturated carbocycles. The molecule has 19 heavy (non-hydrogen) atoms. The van der Waals surface area contributed by atoms with Crippen LogP contribution < -0.4 is 4.74 Å². The van der Waals surface area contributed by atoms with E-state index in [-0.39, 0.29) is 6.61 Å². The largest absolute Gasteiger partial charge is 0.477 e. The number of carboxylic acid groups (broad SMARTS) is 1. The van der Waals surface area contributed by atoms with E-state index in [4.69, 9.17) is 14.6 Å². The van der Waals surface area contributed by atoms with Crippen LogP contribution in [0.3, 0.4) is 0 Å². The molecule has 8 heteroatoms. The van der Waals surface area contributed by atoms with Gasteiger partial charge < -0.3 is 14.6 Å². The van der Waals surface area contributed by atoms with E-state index in [0.717, 1.165) is 6.07 Å². The first kappa shape index (κ1) is 15.2. The molecule has 0 aliphatic heterocycles. The van der Waals surface area contributed by atoms with Crippen LogP contribution in [-0.4, -0.2) is 35.9 Å². The van der Waals surface area contributed by atoms with Crippen molar-refractivity contribution in [2.75, 3.05) is 13.7 Å². The Balaban J connectivity index is 3.12. The summed E-state index contributed by atoms with van der Waals surface area (Å²) < 4.78 is 47.3. The number of carbonyl (C=O) groups is 1. The summed E-state index contributed by atoms with van der Waals surface area (Å²) in [4.78, 5) is 14.1. The zero-order valence-corrected chi connectivity index (χ0v) is 10.2. The first-order valence-corrected chi connectivity index (χ1v) is 5.22. The summed E-state index contributed by atoms with van der Waals surface area (Å²) in [6.45, 7) is 1.62. The van der Waals surface area contributed by atoms with Gasteiger partial charge in [-0.05, 0) is 19.1 Å². The molecular formula is C11H12F3NO4. The number of carboxylic acids is 1. The van der Waals surface area contributed by atoms with Gasteiger partial charge >= 0.3 is 12.1 Å². The van der Waals surface area contributed by atoms with Crippen molar-refractivity contribution in [3.05, 3.63) is 23.4 Å². The van der Waals surface area contributed by atoms with Gasteiger partial charge in [0.15, 0.2) is 0 Å².